The fourth-order valence-corrected chi connectivity index (χ4v) is 0.951. The molecule has 6 heteroatoms. The summed E-state index contributed by atoms with van der Waals surface area (Å²) in [5, 5.41) is 27.4. The van der Waals surface area contributed by atoms with E-state index in [9.17, 15) is 14.5 Å². The van der Waals surface area contributed by atoms with Crippen LogP contribution in [-0.2, 0) is 0 Å². The molecule has 0 radical (unpaired) electrons. The van der Waals surface area contributed by atoms with Gasteiger partial charge in [-0.25, -0.2) is 0 Å². The molecule has 1 rings (SSSR count). The van der Waals surface area contributed by atoms with Gasteiger partial charge in [-0.3, -0.25) is 10.1 Å². The summed E-state index contributed by atoms with van der Waals surface area (Å²) in [6.45, 7) is 0. The number of nitrogens with zero attached hydrogens (tertiary/aromatic N) is 3. The quantitative estimate of drug-likeness (QED) is 0.496. The van der Waals surface area contributed by atoms with Gasteiger partial charge in [-0.15, -0.1) is 0 Å². The second-order valence-corrected chi connectivity index (χ2v) is 2.30. The molecule has 0 aromatic heterocycles. The minimum absolute atomic E-state index is 0.208. The fourth-order valence-electron chi connectivity index (χ4n) is 0.951. The van der Waals surface area contributed by atoms with E-state index in [0.29, 0.717) is 0 Å². The smallest absolute Gasteiger partial charge is 0.258 e. The average Bonchev–Trinajstić information content (AvgIpc) is 2.16. The second-order valence-electron chi connectivity index (χ2n) is 2.30. The van der Waals surface area contributed by atoms with Crippen molar-refractivity contribution in [3.63, 3.8) is 0 Å². The predicted octanol–water partition coefficient (Wildman–Crippen LogP) is 1.48. The number of hydrogen-bond donors (Lipinski definition) is 0. The summed E-state index contributed by atoms with van der Waals surface area (Å²) >= 11 is 0. The standard InChI is InChI=1S/C8H2FN3O2/c9-7-2-1-5(3-10)6(4-11)8(7)12(13)14/h1-2H. The van der Waals surface area contributed by atoms with Crippen LogP contribution in [0.2, 0.25) is 0 Å². The van der Waals surface area contributed by atoms with Gasteiger partial charge < -0.3 is 0 Å². The SMILES string of the molecule is N#Cc1ccc(F)c([N+](=O)[O-])c1C#N. The van der Waals surface area contributed by atoms with Gasteiger partial charge in [0.25, 0.3) is 0 Å². The van der Waals surface area contributed by atoms with Crippen molar-refractivity contribution in [2.45, 2.75) is 0 Å². The molecule has 0 aliphatic carbocycles. The Morgan fingerprint density at radius 2 is 2.00 bits per heavy atom. The number of benzene rings is 1. The molecule has 0 saturated heterocycles. The predicted molar refractivity (Wildman–Crippen MR) is 42.5 cm³/mol. The highest BCUT2D eigenvalue weighted by Crippen LogP contribution is 2.24. The first-order chi connectivity index (χ1) is 6.61. The van der Waals surface area contributed by atoms with Crippen molar-refractivity contribution >= 4 is 5.69 Å². The van der Waals surface area contributed by atoms with Gasteiger partial charge in [0.05, 0.1) is 10.5 Å². The van der Waals surface area contributed by atoms with E-state index < -0.39 is 22.0 Å². The van der Waals surface area contributed by atoms with E-state index in [1.165, 1.54) is 6.07 Å². The van der Waals surface area contributed by atoms with Crippen LogP contribution in [0.3, 0.4) is 0 Å². The normalized spacial score (nSPS) is 8.79. The lowest BCUT2D eigenvalue weighted by molar-refractivity contribution is -0.387. The summed E-state index contributed by atoms with van der Waals surface area (Å²) in [5.41, 5.74) is -1.70. The summed E-state index contributed by atoms with van der Waals surface area (Å²) in [6.07, 6.45) is 0. The first kappa shape index (κ1) is 9.62. The molecule has 14 heavy (non-hydrogen) atoms. The molecule has 0 saturated carbocycles. The van der Waals surface area contributed by atoms with Crippen LogP contribution in [0.1, 0.15) is 11.1 Å². The maximum absolute atomic E-state index is 12.9. The molecule has 0 atom stereocenters. The zero-order chi connectivity index (χ0) is 10.7. The van der Waals surface area contributed by atoms with Crippen LogP contribution in [0.15, 0.2) is 12.1 Å². The van der Waals surface area contributed by atoms with Gasteiger partial charge in [-0.2, -0.15) is 14.9 Å². The second kappa shape index (κ2) is 3.50. The van der Waals surface area contributed by atoms with Gasteiger partial charge in [-0.05, 0) is 12.1 Å². The first-order valence-corrected chi connectivity index (χ1v) is 3.39. The number of nitriles is 2. The number of rotatable bonds is 1. The molecule has 68 valence electrons. The fraction of sp³-hybridized carbons (Fsp3) is 0. The van der Waals surface area contributed by atoms with Gasteiger partial charge in [-0.1, -0.05) is 0 Å². The van der Waals surface area contributed by atoms with Crippen molar-refractivity contribution in [3.05, 3.63) is 39.2 Å². The third-order valence-electron chi connectivity index (χ3n) is 1.54. The Hall–Kier alpha value is -2.47. The van der Waals surface area contributed by atoms with Crippen LogP contribution in [0.5, 0.6) is 0 Å². The van der Waals surface area contributed by atoms with Crippen molar-refractivity contribution in [2.75, 3.05) is 0 Å². The minimum atomic E-state index is -1.12. The van der Waals surface area contributed by atoms with Crippen LogP contribution in [-0.4, -0.2) is 4.92 Å². The maximum atomic E-state index is 12.9. The highest BCUT2D eigenvalue weighted by atomic mass is 19.1. The molecular formula is C8H2FN3O2. The number of nitro groups is 1. The third kappa shape index (κ3) is 1.37. The topological polar surface area (TPSA) is 90.7 Å². The minimum Gasteiger partial charge on any atom is -0.258 e. The van der Waals surface area contributed by atoms with Gasteiger partial charge in [0.2, 0.25) is 5.82 Å². The van der Waals surface area contributed by atoms with Crippen molar-refractivity contribution < 1.29 is 9.31 Å². The van der Waals surface area contributed by atoms with E-state index in [2.05, 4.69) is 0 Å². The molecule has 0 fully saturated rings. The zero-order valence-corrected chi connectivity index (χ0v) is 6.69. The Kier molecular flexibility index (Phi) is 2.40. The molecule has 0 spiro atoms. The van der Waals surface area contributed by atoms with E-state index in [1.54, 1.807) is 6.07 Å². The van der Waals surface area contributed by atoms with Crippen LogP contribution in [0.4, 0.5) is 10.1 Å². The lowest BCUT2D eigenvalue weighted by Crippen LogP contribution is -1.98. The largest absolute Gasteiger partial charge is 0.323 e. The van der Waals surface area contributed by atoms with E-state index in [4.69, 9.17) is 10.5 Å². The molecule has 0 aliphatic heterocycles. The van der Waals surface area contributed by atoms with E-state index in [-0.39, 0.29) is 5.56 Å². The number of nitro benzene ring substituents is 1. The van der Waals surface area contributed by atoms with Crippen LogP contribution < -0.4 is 0 Å². The molecule has 0 N–H and O–H groups in total. The zero-order valence-electron chi connectivity index (χ0n) is 6.69. The first-order valence-electron chi connectivity index (χ1n) is 3.39. The van der Waals surface area contributed by atoms with Crippen molar-refractivity contribution in [1.29, 1.82) is 10.5 Å². The lowest BCUT2D eigenvalue weighted by Gasteiger charge is -1.97. The van der Waals surface area contributed by atoms with Crippen molar-refractivity contribution in [3.8, 4) is 12.1 Å². The number of hydrogen-bond acceptors (Lipinski definition) is 4. The molecule has 0 amide bonds. The van der Waals surface area contributed by atoms with Crippen LogP contribution in [0.25, 0.3) is 0 Å². The average molecular weight is 191 g/mol. The molecule has 5 nitrogen and oxygen atoms in total. The summed E-state index contributed by atoms with van der Waals surface area (Å²) in [4.78, 5) is 9.36. The Bertz CT molecular complexity index is 485. The Morgan fingerprint density at radius 1 is 1.36 bits per heavy atom. The van der Waals surface area contributed by atoms with Crippen molar-refractivity contribution in [1.82, 2.24) is 0 Å². The molecule has 0 aliphatic rings. The summed E-state index contributed by atoms with van der Waals surface area (Å²) in [5.74, 6) is -1.12. The summed E-state index contributed by atoms with van der Waals surface area (Å²) in [6, 6.07) is 4.83. The van der Waals surface area contributed by atoms with Crippen LogP contribution >= 0.6 is 0 Å². The molecule has 1 aromatic carbocycles. The van der Waals surface area contributed by atoms with E-state index in [0.717, 1.165) is 12.1 Å². The lowest BCUT2D eigenvalue weighted by atomic mass is 10.1. The van der Waals surface area contributed by atoms with Gasteiger partial charge in [0.1, 0.15) is 12.1 Å². The summed E-state index contributed by atoms with van der Waals surface area (Å²) in [7, 11) is 0. The molecule has 0 unspecified atom stereocenters. The molecule has 1 aromatic rings. The Balaban J connectivity index is 3.64. The monoisotopic (exact) mass is 191 g/mol. The van der Waals surface area contributed by atoms with Gasteiger partial charge in [0, 0.05) is 0 Å². The maximum Gasteiger partial charge on any atom is 0.323 e. The molecular weight excluding hydrogens is 189 g/mol. The van der Waals surface area contributed by atoms with E-state index in [1.807, 2.05) is 0 Å². The Labute approximate surface area is 77.8 Å². The summed E-state index contributed by atoms with van der Waals surface area (Å²) < 4.78 is 12.9. The Morgan fingerprint density at radius 3 is 2.43 bits per heavy atom. The molecule has 0 heterocycles. The van der Waals surface area contributed by atoms with Crippen molar-refractivity contribution in [2.24, 2.45) is 0 Å². The van der Waals surface area contributed by atoms with E-state index >= 15 is 0 Å². The van der Waals surface area contributed by atoms with Gasteiger partial charge in [0.15, 0.2) is 5.56 Å². The third-order valence-corrected chi connectivity index (χ3v) is 1.54. The molecule has 0 bridgehead atoms. The number of halogens is 1. The highest BCUT2D eigenvalue weighted by Gasteiger charge is 2.23. The van der Waals surface area contributed by atoms with Gasteiger partial charge >= 0.3 is 5.69 Å². The highest BCUT2D eigenvalue weighted by molar-refractivity contribution is 5.58. The van der Waals surface area contributed by atoms with Crippen LogP contribution in [0, 0.1) is 38.6 Å².